The van der Waals surface area contributed by atoms with Gasteiger partial charge in [0.1, 0.15) is 5.82 Å². The third-order valence-corrected chi connectivity index (χ3v) is 5.15. The number of rotatable bonds is 3. The number of hydrogen-bond donors (Lipinski definition) is 0. The minimum Gasteiger partial charge on any atom is -0.207 e. The Bertz CT molecular complexity index is 702. The molecule has 0 bridgehead atoms. The third-order valence-electron chi connectivity index (χ3n) is 4.02. The maximum absolute atomic E-state index is 13.0. The van der Waals surface area contributed by atoms with Gasteiger partial charge in [-0.25, -0.2) is 4.39 Å². The third kappa shape index (κ3) is 4.65. The summed E-state index contributed by atoms with van der Waals surface area (Å²) < 4.78 is 13.0. The number of benzene rings is 1. The normalized spacial score (nSPS) is 14.2. The van der Waals surface area contributed by atoms with Crippen molar-refractivity contribution in [3.8, 4) is 10.4 Å². The zero-order valence-corrected chi connectivity index (χ0v) is 15.3. The largest absolute Gasteiger partial charge is 0.207 e. The van der Waals surface area contributed by atoms with Crippen LogP contribution in [0.15, 0.2) is 59.2 Å². The van der Waals surface area contributed by atoms with E-state index in [4.69, 9.17) is 0 Å². The van der Waals surface area contributed by atoms with Crippen molar-refractivity contribution in [1.82, 2.24) is 0 Å². The molecule has 0 spiro atoms. The highest BCUT2D eigenvalue weighted by atomic mass is 32.1. The summed E-state index contributed by atoms with van der Waals surface area (Å²) in [5.41, 5.74) is 5.54. The lowest BCUT2D eigenvalue weighted by atomic mass is 9.92. The lowest BCUT2D eigenvalue weighted by molar-refractivity contribution is 0.628. The first-order chi connectivity index (χ1) is 11.1. The monoisotopic (exact) mass is 328 g/mol. The first kappa shape index (κ1) is 17.7. The zero-order valence-electron chi connectivity index (χ0n) is 14.4. The van der Waals surface area contributed by atoms with Gasteiger partial charge in [-0.15, -0.1) is 11.3 Å². The molecule has 122 valence electrons. The minimum atomic E-state index is -0.181. The van der Waals surface area contributed by atoms with Gasteiger partial charge in [0.05, 0.1) is 0 Å². The molecule has 2 aromatic rings. The van der Waals surface area contributed by atoms with Gasteiger partial charge in [0.15, 0.2) is 0 Å². The summed E-state index contributed by atoms with van der Waals surface area (Å²) in [6.45, 7) is 8.46. The van der Waals surface area contributed by atoms with Gasteiger partial charge in [0.2, 0.25) is 0 Å². The van der Waals surface area contributed by atoms with Gasteiger partial charge in [0.25, 0.3) is 0 Å². The van der Waals surface area contributed by atoms with Crippen molar-refractivity contribution < 1.29 is 4.39 Å². The molecule has 0 saturated carbocycles. The average molecular weight is 328 g/mol. The van der Waals surface area contributed by atoms with Crippen LogP contribution < -0.4 is 0 Å². The molecule has 1 aliphatic carbocycles. The van der Waals surface area contributed by atoms with Gasteiger partial charge in [-0.3, -0.25) is 0 Å². The van der Waals surface area contributed by atoms with Crippen LogP contribution in [0.25, 0.3) is 10.4 Å². The highest BCUT2D eigenvalue weighted by Gasteiger charge is 2.10. The summed E-state index contributed by atoms with van der Waals surface area (Å²) >= 11 is 1.80. The van der Waals surface area contributed by atoms with E-state index in [0.717, 1.165) is 12.0 Å². The van der Waals surface area contributed by atoms with E-state index in [1.54, 1.807) is 11.3 Å². The molecule has 1 heterocycles. The Kier molecular flexibility index (Phi) is 6.35. The fourth-order valence-electron chi connectivity index (χ4n) is 2.67. The molecule has 23 heavy (non-hydrogen) atoms. The Morgan fingerprint density at radius 3 is 2.35 bits per heavy atom. The van der Waals surface area contributed by atoms with Crippen molar-refractivity contribution in [1.29, 1.82) is 0 Å². The number of hydrogen-bond acceptors (Lipinski definition) is 1. The van der Waals surface area contributed by atoms with Crippen LogP contribution in [0.3, 0.4) is 0 Å². The lowest BCUT2D eigenvalue weighted by Gasteiger charge is -2.15. The molecule has 0 saturated heterocycles. The fraction of sp³-hybridized carbons (Fsp3) is 0.333. The van der Waals surface area contributed by atoms with Crippen LogP contribution in [0.5, 0.6) is 0 Å². The van der Waals surface area contributed by atoms with Gasteiger partial charge in [-0.2, -0.15) is 0 Å². The van der Waals surface area contributed by atoms with Gasteiger partial charge in [-0.05, 0) is 62.1 Å². The topological polar surface area (TPSA) is 0 Å². The fourth-order valence-corrected chi connectivity index (χ4v) is 3.71. The molecule has 0 aliphatic heterocycles. The van der Waals surface area contributed by atoms with Crippen molar-refractivity contribution >= 4 is 11.3 Å². The van der Waals surface area contributed by atoms with Crippen LogP contribution in [-0.2, 0) is 6.42 Å². The summed E-state index contributed by atoms with van der Waals surface area (Å²) in [7, 11) is 0. The van der Waals surface area contributed by atoms with Crippen LogP contribution in [0, 0.1) is 5.82 Å². The highest BCUT2D eigenvalue weighted by Crippen LogP contribution is 2.32. The van der Waals surface area contributed by atoms with E-state index in [1.165, 1.54) is 51.4 Å². The van der Waals surface area contributed by atoms with E-state index in [9.17, 15) is 4.39 Å². The summed E-state index contributed by atoms with van der Waals surface area (Å²) in [5.74, 6) is -0.181. The van der Waals surface area contributed by atoms with Crippen molar-refractivity contribution in [2.45, 2.75) is 47.0 Å². The van der Waals surface area contributed by atoms with E-state index in [1.807, 2.05) is 26.0 Å². The second kappa shape index (κ2) is 8.26. The Labute approximate surface area is 143 Å². The molecule has 0 N–H and O–H groups in total. The van der Waals surface area contributed by atoms with E-state index < -0.39 is 0 Å². The van der Waals surface area contributed by atoms with Crippen LogP contribution in [0.1, 0.15) is 45.4 Å². The molecular weight excluding hydrogens is 303 g/mol. The Balaban J connectivity index is 0.000000924. The zero-order chi connectivity index (χ0) is 16.8. The summed E-state index contributed by atoms with van der Waals surface area (Å²) in [6.07, 6.45) is 5.74. The van der Waals surface area contributed by atoms with Gasteiger partial charge in [-0.1, -0.05) is 43.2 Å². The van der Waals surface area contributed by atoms with Gasteiger partial charge < -0.3 is 0 Å². The maximum atomic E-state index is 13.0. The molecule has 0 amide bonds. The van der Waals surface area contributed by atoms with Crippen molar-refractivity contribution in [3.05, 3.63) is 69.9 Å². The van der Waals surface area contributed by atoms with Crippen molar-refractivity contribution in [3.63, 3.8) is 0 Å². The van der Waals surface area contributed by atoms with Gasteiger partial charge >= 0.3 is 0 Å². The molecule has 0 nitrogen and oxygen atoms in total. The molecule has 0 fully saturated rings. The minimum absolute atomic E-state index is 0.181. The quantitative estimate of drug-likeness (QED) is 0.560. The number of allylic oxidation sites excluding steroid dienone is 4. The summed E-state index contributed by atoms with van der Waals surface area (Å²) in [6, 6.07) is 11.1. The summed E-state index contributed by atoms with van der Waals surface area (Å²) in [4.78, 5) is 2.58. The molecule has 2 heteroatoms. The molecule has 1 aromatic heterocycles. The Morgan fingerprint density at radius 1 is 0.957 bits per heavy atom. The van der Waals surface area contributed by atoms with Gasteiger partial charge in [0, 0.05) is 16.2 Å². The SMILES string of the molecule is CC.CC1=CC(Cc2ccc(-c3ccc(F)cc3)s2)=C(C)CC1. The molecule has 0 unspecified atom stereocenters. The first-order valence-corrected chi connectivity index (χ1v) is 9.14. The predicted molar refractivity (Wildman–Crippen MR) is 100 cm³/mol. The Morgan fingerprint density at radius 2 is 1.65 bits per heavy atom. The standard InChI is InChI=1S/C19H19FS.C2H6/c1-13-3-4-14(2)16(11-13)12-18-9-10-19(21-18)15-5-7-17(20)8-6-15;1-2/h5-11H,3-4,12H2,1-2H3;1-2H3. The molecule has 1 aliphatic rings. The van der Waals surface area contributed by atoms with Crippen LogP contribution in [0.4, 0.5) is 4.39 Å². The predicted octanol–water partition coefficient (Wildman–Crippen LogP) is 7.18. The number of thiophene rings is 1. The molecule has 1 aromatic carbocycles. The average Bonchev–Trinajstić information content (AvgIpc) is 3.02. The highest BCUT2D eigenvalue weighted by molar-refractivity contribution is 7.15. The van der Waals surface area contributed by atoms with E-state index >= 15 is 0 Å². The van der Waals surface area contributed by atoms with Crippen LogP contribution >= 0.6 is 11.3 Å². The van der Waals surface area contributed by atoms with Crippen LogP contribution in [0.2, 0.25) is 0 Å². The maximum Gasteiger partial charge on any atom is 0.123 e. The van der Waals surface area contributed by atoms with Crippen LogP contribution in [-0.4, -0.2) is 0 Å². The van der Waals surface area contributed by atoms with E-state index in [-0.39, 0.29) is 5.82 Å². The van der Waals surface area contributed by atoms with E-state index in [2.05, 4.69) is 32.1 Å². The lowest BCUT2D eigenvalue weighted by Crippen LogP contribution is -1.97. The van der Waals surface area contributed by atoms with E-state index in [0.29, 0.717) is 0 Å². The molecule has 0 radical (unpaired) electrons. The second-order valence-corrected chi connectivity index (χ2v) is 6.91. The number of halogens is 1. The molecular formula is C21H25FS. The van der Waals surface area contributed by atoms with Crippen molar-refractivity contribution in [2.24, 2.45) is 0 Å². The van der Waals surface area contributed by atoms with Crippen molar-refractivity contribution in [2.75, 3.05) is 0 Å². The Hall–Kier alpha value is -1.67. The molecule has 0 atom stereocenters. The first-order valence-electron chi connectivity index (χ1n) is 8.32. The summed E-state index contributed by atoms with van der Waals surface area (Å²) in [5, 5.41) is 0. The second-order valence-electron chi connectivity index (χ2n) is 5.75. The molecule has 3 rings (SSSR count). The smallest absolute Gasteiger partial charge is 0.123 e.